The van der Waals surface area contributed by atoms with E-state index >= 15 is 0 Å². The molecule has 0 radical (unpaired) electrons. The van der Waals surface area contributed by atoms with Crippen LogP contribution in [0.15, 0.2) is 18.2 Å². The van der Waals surface area contributed by atoms with E-state index in [9.17, 15) is 4.39 Å². The van der Waals surface area contributed by atoms with Crippen LogP contribution in [0, 0.1) is 11.7 Å². The maximum Gasteiger partial charge on any atom is 0.142 e. The summed E-state index contributed by atoms with van der Waals surface area (Å²) in [6, 6.07) is 5.07. The van der Waals surface area contributed by atoms with Gasteiger partial charge in [0.2, 0.25) is 0 Å². The molecule has 2 N–H and O–H groups in total. The zero-order chi connectivity index (χ0) is 13.5. The monoisotopic (exact) mass is 271 g/mol. The molecule has 102 valence electrons. The maximum atomic E-state index is 13.4. The zero-order valence-corrected chi connectivity index (χ0v) is 12.0. The second-order valence-electron chi connectivity index (χ2n) is 4.95. The predicted octanol–water partition coefficient (Wildman–Crippen LogP) is 4.57. The number of nitrogens with two attached hydrogens (primary N) is 1. The fourth-order valence-corrected chi connectivity index (χ4v) is 2.54. The van der Waals surface area contributed by atoms with Crippen LogP contribution in [0.25, 0.3) is 0 Å². The molecule has 1 nitrogen and oxygen atoms in total. The number of benzene rings is 1. The van der Waals surface area contributed by atoms with Gasteiger partial charge in [-0.25, -0.2) is 4.39 Å². The Morgan fingerprint density at radius 2 is 1.83 bits per heavy atom. The highest BCUT2D eigenvalue weighted by molar-refractivity contribution is 6.30. The fourth-order valence-electron chi connectivity index (χ4n) is 2.42. The highest BCUT2D eigenvalue weighted by Gasteiger charge is 2.17. The molecule has 18 heavy (non-hydrogen) atoms. The van der Waals surface area contributed by atoms with E-state index < -0.39 is 0 Å². The Hall–Kier alpha value is -0.600. The largest absolute Gasteiger partial charge is 0.327 e. The molecule has 0 aliphatic rings. The molecule has 0 aliphatic heterocycles. The van der Waals surface area contributed by atoms with Crippen molar-refractivity contribution in [3.8, 4) is 0 Å². The third-order valence-corrected chi connectivity index (χ3v) is 3.69. The quantitative estimate of drug-likeness (QED) is 0.773. The first-order valence-electron chi connectivity index (χ1n) is 6.78. The van der Waals surface area contributed by atoms with Crippen LogP contribution in [0.4, 0.5) is 4.39 Å². The summed E-state index contributed by atoms with van der Waals surface area (Å²) in [6.07, 6.45) is 5.30. The van der Waals surface area contributed by atoms with Crippen LogP contribution in [0.3, 0.4) is 0 Å². The normalized spacial score (nSPS) is 13.0. The van der Waals surface area contributed by atoms with Gasteiger partial charge in [-0.3, -0.25) is 0 Å². The van der Waals surface area contributed by atoms with Crippen LogP contribution in [0.1, 0.15) is 45.1 Å². The molecule has 1 unspecified atom stereocenters. The minimum absolute atomic E-state index is 0.102. The van der Waals surface area contributed by atoms with E-state index in [0.29, 0.717) is 5.92 Å². The summed E-state index contributed by atoms with van der Waals surface area (Å²) in [5.74, 6) is 0.169. The Balaban J connectivity index is 2.66. The van der Waals surface area contributed by atoms with Gasteiger partial charge >= 0.3 is 0 Å². The van der Waals surface area contributed by atoms with E-state index in [1.807, 2.05) is 6.07 Å². The molecule has 0 bridgehead atoms. The van der Waals surface area contributed by atoms with E-state index in [-0.39, 0.29) is 16.9 Å². The SMILES string of the molecule is CCCC(CCC)C(N)Cc1ccc(Cl)c(F)c1. The Morgan fingerprint density at radius 3 is 2.33 bits per heavy atom. The van der Waals surface area contributed by atoms with E-state index in [0.717, 1.165) is 37.7 Å². The third-order valence-electron chi connectivity index (χ3n) is 3.38. The van der Waals surface area contributed by atoms with Crippen LogP contribution >= 0.6 is 11.6 Å². The van der Waals surface area contributed by atoms with Crippen LogP contribution in [-0.4, -0.2) is 6.04 Å². The summed E-state index contributed by atoms with van der Waals surface area (Å²) >= 11 is 5.67. The smallest absolute Gasteiger partial charge is 0.142 e. The standard InChI is InChI=1S/C15H23ClFN/c1-3-5-12(6-4-2)15(18)10-11-7-8-13(16)14(17)9-11/h7-9,12,15H,3-6,10,18H2,1-2H3. The molecule has 1 rings (SSSR count). The molecular formula is C15H23ClFN. The first-order valence-corrected chi connectivity index (χ1v) is 7.15. The fraction of sp³-hybridized carbons (Fsp3) is 0.600. The minimum Gasteiger partial charge on any atom is -0.327 e. The average Bonchev–Trinajstić information content (AvgIpc) is 2.33. The lowest BCUT2D eigenvalue weighted by Crippen LogP contribution is -2.32. The van der Waals surface area contributed by atoms with Gasteiger partial charge in [0, 0.05) is 6.04 Å². The molecular weight excluding hydrogens is 249 g/mol. The zero-order valence-electron chi connectivity index (χ0n) is 11.3. The van der Waals surface area contributed by atoms with Crippen molar-refractivity contribution in [3.63, 3.8) is 0 Å². The Kier molecular flexibility index (Phi) is 6.66. The lowest BCUT2D eigenvalue weighted by molar-refractivity contribution is 0.359. The van der Waals surface area contributed by atoms with Crippen LogP contribution in [-0.2, 0) is 6.42 Å². The second kappa shape index (κ2) is 7.75. The average molecular weight is 272 g/mol. The molecule has 0 spiro atoms. The molecule has 1 aromatic rings. The van der Waals surface area contributed by atoms with Gasteiger partial charge in [0.15, 0.2) is 0 Å². The van der Waals surface area contributed by atoms with Crippen LogP contribution in [0.5, 0.6) is 0 Å². The van der Waals surface area contributed by atoms with Gasteiger partial charge in [0.05, 0.1) is 5.02 Å². The van der Waals surface area contributed by atoms with Gasteiger partial charge in [0.1, 0.15) is 5.82 Å². The summed E-state index contributed by atoms with van der Waals surface area (Å²) in [4.78, 5) is 0. The van der Waals surface area contributed by atoms with Crippen molar-refractivity contribution >= 4 is 11.6 Å². The molecule has 0 aliphatic carbocycles. The van der Waals surface area contributed by atoms with Crippen LogP contribution in [0.2, 0.25) is 5.02 Å². The highest BCUT2D eigenvalue weighted by Crippen LogP contribution is 2.21. The molecule has 0 amide bonds. The van der Waals surface area contributed by atoms with Crippen molar-refractivity contribution in [1.82, 2.24) is 0 Å². The predicted molar refractivity (Wildman–Crippen MR) is 76.4 cm³/mol. The molecule has 1 aromatic carbocycles. The molecule has 0 aromatic heterocycles. The van der Waals surface area contributed by atoms with Crippen molar-refractivity contribution in [1.29, 1.82) is 0 Å². The van der Waals surface area contributed by atoms with E-state index in [1.165, 1.54) is 6.07 Å². The van der Waals surface area contributed by atoms with Crippen molar-refractivity contribution in [2.75, 3.05) is 0 Å². The number of halogens is 2. The van der Waals surface area contributed by atoms with Crippen molar-refractivity contribution in [2.24, 2.45) is 11.7 Å². The molecule has 0 heterocycles. The minimum atomic E-state index is -0.358. The number of hydrogen-bond acceptors (Lipinski definition) is 1. The van der Waals surface area contributed by atoms with E-state index in [4.69, 9.17) is 17.3 Å². The molecule has 3 heteroatoms. The summed E-state index contributed by atoms with van der Waals surface area (Å²) < 4.78 is 13.4. The van der Waals surface area contributed by atoms with Crippen LogP contribution < -0.4 is 5.73 Å². The highest BCUT2D eigenvalue weighted by atomic mass is 35.5. The van der Waals surface area contributed by atoms with Gasteiger partial charge in [-0.2, -0.15) is 0 Å². The Morgan fingerprint density at radius 1 is 1.22 bits per heavy atom. The summed E-state index contributed by atoms with van der Waals surface area (Å²) in [5.41, 5.74) is 7.19. The summed E-state index contributed by atoms with van der Waals surface area (Å²) in [5, 5.41) is 0.172. The Bertz CT molecular complexity index is 362. The first kappa shape index (κ1) is 15.5. The number of hydrogen-bond donors (Lipinski definition) is 1. The van der Waals surface area contributed by atoms with Gasteiger partial charge in [-0.05, 0) is 42.9 Å². The maximum absolute atomic E-state index is 13.4. The molecule has 0 fully saturated rings. The molecule has 1 atom stereocenters. The summed E-state index contributed by atoms with van der Waals surface area (Å²) in [7, 11) is 0. The van der Waals surface area contributed by atoms with Crippen molar-refractivity contribution in [2.45, 2.75) is 52.0 Å². The van der Waals surface area contributed by atoms with Gasteiger partial charge in [0.25, 0.3) is 0 Å². The Labute approximate surface area is 115 Å². The molecule has 0 saturated heterocycles. The van der Waals surface area contributed by atoms with Crippen molar-refractivity contribution < 1.29 is 4.39 Å². The number of rotatable bonds is 7. The third kappa shape index (κ3) is 4.58. The van der Waals surface area contributed by atoms with Gasteiger partial charge in [-0.15, -0.1) is 0 Å². The topological polar surface area (TPSA) is 26.0 Å². The second-order valence-corrected chi connectivity index (χ2v) is 5.36. The van der Waals surface area contributed by atoms with E-state index in [2.05, 4.69) is 13.8 Å². The lowest BCUT2D eigenvalue weighted by atomic mass is 9.87. The lowest BCUT2D eigenvalue weighted by Gasteiger charge is -2.23. The van der Waals surface area contributed by atoms with Gasteiger partial charge < -0.3 is 5.73 Å². The first-order chi connectivity index (χ1) is 8.58. The van der Waals surface area contributed by atoms with Gasteiger partial charge in [-0.1, -0.05) is 44.4 Å². The summed E-state index contributed by atoms with van der Waals surface area (Å²) in [6.45, 7) is 4.36. The van der Waals surface area contributed by atoms with E-state index in [1.54, 1.807) is 6.07 Å². The van der Waals surface area contributed by atoms with Crippen molar-refractivity contribution in [3.05, 3.63) is 34.6 Å². The molecule has 0 saturated carbocycles.